The summed E-state index contributed by atoms with van der Waals surface area (Å²) in [6.45, 7) is 2.91. The summed E-state index contributed by atoms with van der Waals surface area (Å²) in [7, 11) is 5.21. The molecule has 4 rings (SSSR count). The van der Waals surface area contributed by atoms with Crippen LogP contribution in [0.5, 0.6) is 17.2 Å². The smallest absolute Gasteiger partial charge is 0.257 e. The number of likely N-dealkylation sites (tertiary alicyclic amines) is 1. The Bertz CT molecular complexity index is 1070. The number of ether oxygens (including phenoxy) is 3. The summed E-state index contributed by atoms with van der Waals surface area (Å²) in [6, 6.07) is 15.6. The predicted molar refractivity (Wildman–Crippen MR) is 129 cm³/mol. The van der Waals surface area contributed by atoms with E-state index >= 15 is 0 Å². The number of methoxy groups -OCH3 is 2. The van der Waals surface area contributed by atoms with E-state index in [0.717, 1.165) is 37.2 Å². The van der Waals surface area contributed by atoms with Crippen LogP contribution in [0.2, 0.25) is 0 Å². The van der Waals surface area contributed by atoms with Crippen LogP contribution in [0, 0.1) is 0 Å². The molecule has 0 spiro atoms. The van der Waals surface area contributed by atoms with Crippen LogP contribution < -0.4 is 14.2 Å². The molecule has 180 valence electrons. The molecule has 1 aromatic heterocycles. The summed E-state index contributed by atoms with van der Waals surface area (Å²) in [5.41, 5.74) is 2.87. The molecule has 1 amide bonds. The first-order valence-corrected chi connectivity index (χ1v) is 11.5. The quantitative estimate of drug-likeness (QED) is 0.461. The van der Waals surface area contributed by atoms with Crippen molar-refractivity contribution in [2.75, 3.05) is 34.4 Å². The van der Waals surface area contributed by atoms with Gasteiger partial charge in [0.1, 0.15) is 11.9 Å². The third kappa shape index (κ3) is 5.72. The molecule has 0 N–H and O–H groups in total. The fraction of sp³-hybridized carbons (Fsp3) is 0.370. The van der Waals surface area contributed by atoms with Crippen molar-refractivity contribution in [3.8, 4) is 17.2 Å². The Balaban J connectivity index is 1.31. The number of hydrogen-bond donors (Lipinski definition) is 0. The normalized spacial score (nSPS) is 14.3. The van der Waals surface area contributed by atoms with Crippen molar-refractivity contribution < 1.29 is 23.4 Å². The maximum absolute atomic E-state index is 13.1. The average Bonchev–Trinajstić information content (AvgIpc) is 3.36. The Kier molecular flexibility index (Phi) is 7.75. The number of carbonyl (C=O) groups excluding carboxylic acids is 1. The molecule has 0 bridgehead atoms. The van der Waals surface area contributed by atoms with Gasteiger partial charge in [-0.25, -0.2) is 0 Å². The molecule has 2 aromatic carbocycles. The van der Waals surface area contributed by atoms with E-state index < -0.39 is 0 Å². The molecular weight excluding hydrogens is 432 g/mol. The van der Waals surface area contributed by atoms with E-state index in [1.54, 1.807) is 38.9 Å². The summed E-state index contributed by atoms with van der Waals surface area (Å²) >= 11 is 0. The van der Waals surface area contributed by atoms with E-state index in [4.69, 9.17) is 18.6 Å². The van der Waals surface area contributed by atoms with E-state index in [1.165, 1.54) is 5.56 Å². The van der Waals surface area contributed by atoms with Crippen LogP contribution in [-0.2, 0) is 13.1 Å². The zero-order chi connectivity index (χ0) is 23.9. The first kappa shape index (κ1) is 23.7. The molecule has 0 saturated carbocycles. The van der Waals surface area contributed by atoms with Gasteiger partial charge >= 0.3 is 0 Å². The summed E-state index contributed by atoms with van der Waals surface area (Å²) < 4.78 is 22.2. The Morgan fingerprint density at radius 1 is 1.03 bits per heavy atom. The van der Waals surface area contributed by atoms with Crippen molar-refractivity contribution in [2.45, 2.75) is 32.0 Å². The second kappa shape index (κ2) is 11.1. The Morgan fingerprint density at radius 3 is 2.50 bits per heavy atom. The molecule has 0 radical (unpaired) electrons. The van der Waals surface area contributed by atoms with E-state index in [0.29, 0.717) is 30.2 Å². The Hall–Kier alpha value is -3.45. The molecular formula is C27H32N2O5. The van der Waals surface area contributed by atoms with Crippen LogP contribution in [0.15, 0.2) is 65.5 Å². The fourth-order valence-electron chi connectivity index (χ4n) is 4.37. The number of carbonyl (C=O) groups is 1. The second-order valence-electron chi connectivity index (χ2n) is 8.60. The number of piperidine rings is 1. The van der Waals surface area contributed by atoms with Crippen LogP contribution in [0.4, 0.5) is 0 Å². The van der Waals surface area contributed by atoms with Gasteiger partial charge in [0.05, 0.1) is 32.3 Å². The average molecular weight is 465 g/mol. The fourth-order valence-corrected chi connectivity index (χ4v) is 4.37. The van der Waals surface area contributed by atoms with Gasteiger partial charge in [-0.3, -0.25) is 9.69 Å². The van der Waals surface area contributed by atoms with E-state index in [9.17, 15) is 4.79 Å². The highest BCUT2D eigenvalue weighted by Crippen LogP contribution is 2.32. The highest BCUT2D eigenvalue weighted by Gasteiger charge is 2.27. The van der Waals surface area contributed by atoms with Crippen molar-refractivity contribution in [3.63, 3.8) is 0 Å². The van der Waals surface area contributed by atoms with E-state index in [2.05, 4.69) is 24.1 Å². The molecule has 1 fully saturated rings. The van der Waals surface area contributed by atoms with Crippen LogP contribution >= 0.6 is 0 Å². The molecule has 0 unspecified atom stereocenters. The van der Waals surface area contributed by atoms with E-state index in [-0.39, 0.29) is 12.0 Å². The molecule has 7 heteroatoms. The first-order valence-electron chi connectivity index (χ1n) is 11.5. The lowest BCUT2D eigenvalue weighted by atomic mass is 10.1. The summed E-state index contributed by atoms with van der Waals surface area (Å²) in [5, 5.41) is 0. The van der Waals surface area contributed by atoms with Crippen LogP contribution in [-0.4, -0.2) is 56.2 Å². The molecule has 3 aromatic rings. The first-order chi connectivity index (χ1) is 16.6. The number of para-hydroxylation sites is 1. The van der Waals surface area contributed by atoms with Crippen molar-refractivity contribution in [2.24, 2.45) is 0 Å². The van der Waals surface area contributed by atoms with Gasteiger partial charge in [0, 0.05) is 44.6 Å². The molecule has 7 nitrogen and oxygen atoms in total. The maximum Gasteiger partial charge on any atom is 0.257 e. The topological polar surface area (TPSA) is 64.4 Å². The lowest BCUT2D eigenvalue weighted by Crippen LogP contribution is -2.41. The van der Waals surface area contributed by atoms with Gasteiger partial charge in [-0.2, -0.15) is 0 Å². The lowest BCUT2D eigenvalue weighted by molar-refractivity contribution is 0.0592. The summed E-state index contributed by atoms with van der Waals surface area (Å²) in [4.78, 5) is 17.2. The third-order valence-electron chi connectivity index (χ3n) is 6.05. The monoisotopic (exact) mass is 464 g/mol. The van der Waals surface area contributed by atoms with Crippen molar-refractivity contribution in [1.29, 1.82) is 0 Å². The molecule has 1 aliphatic rings. The van der Waals surface area contributed by atoms with Gasteiger partial charge in [-0.1, -0.05) is 18.2 Å². The van der Waals surface area contributed by atoms with Crippen LogP contribution in [0.1, 0.15) is 34.3 Å². The number of nitrogens with zero attached hydrogens (tertiary/aromatic N) is 2. The van der Waals surface area contributed by atoms with Crippen LogP contribution in [0.3, 0.4) is 0 Å². The largest absolute Gasteiger partial charge is 0.493 e. The van der Waals surface area contributed by atoms with Gasteiger partial charge in [0.15, 0.2) is 11.5 Å². The Labute approximate surface area is 200 Å². The number of amides is 1. The van der Waals surface area contributed by atoms with Crippen LogP contribution in [0.25, 0.3) is 0 Å². The predicted octanol–water partition coefficient (Wildman–Crippen LogP) is 4.61. The SMILES string of the molecule is COc1cccc(C(=O)N2CCC(Oc3cccc(CN(C)Cc4ccoc4)c3)CC2)c1OC. The maximum atomic E-state index is 13.1. The minimum Gasteiger partial charge on any atom is -0.493 e. The van der Waals surface area contributed by atoms with Gasteiger partial charge in [0.2, 0.25) is 0 Å². The highest BCUT2D eigenvalue weighted by atomic mass is 16.5. The van der Waals surface area contributed by atoms with Gasteiger partial charge in [-0.05, 0) is 42.9 Å². The van der Waals surface area contributed by atoms with Gasteiger partial charge < -0.3 is 23.5 Å². The van der Waals surface area contributed by atoms with Crippen molar-refractivity contribution >= 4 is 5.91 Å². The summed E-state index contributed by atoms with van der Waals surface area (Å²) in [6.07, 6.45) is 5.11. The lowest BCUT2D eigenvalue weighted by Gasteiger charge is -2.32. The number of benzene rings is 2. The zero-order valence-corrected chi connectivity index (χ0v) is 20.0. The minimum absolute atomic E-state index is 0.0446. The minimum atomic E-state index is -0.0446. The van der Waals surface area contributed by atoms with Crippen molar-refractivity contribution in [3.05, 3.63) is 77.7 Å². The zero-order valence-electron chi connectivity index (χ0n) is 20.0. The molecule has 1 aliphatic heterocycles. The summed E-state index contributed by atoms with van der Waals surface area (Å²) in [5.74, 6) is 1.86. The number of furan rings is 1. The van der Waals surface area contributed by atoms with Gasteiger partial charge in [-0.15, -0.1) is 0 Å². The van der Waals surface area contributed by atoms with Gasteiger partial charge in [0.25, 0.3) is 5.91 Å². The van der Waals surface area contributed by atoms with Crippen molar-refractivity contribution in [1.82, 2.24) is 9.80 Å². The van der Waals surface area contributed by atoms with E-state index in [1.807, 2.05) is 29.2 Å². The molecule has 2 heterocycles. The second-order valence-corrected chi connectivity index (χ2v) is 8.60. The third-order valence-corrected chi connectivity index (χ3v) is 6.05. The highest BCUT2D eigenvalue weighted by molar-refractivity contribution is 5.97. The Morgan fingerprint density at radius 2 is 1.79 bits per heavy atom. The molecule has 0 aliphatic carbocycles. The number of rotatable bonds is 9. The molecule has 1 saturated heterocycles. The standard InChI is InChI=1S/C27H32N2O5/c1-28(18-21-12-15-33-19-21)17-20-6-4-7-23(16-20)34-22-10-13-29(14-11-22)27(30)24-8-5-9-25(31-2)26(24)32-3/h4-9,12,15-16,19,22H,10-11,13-14,17-18H2,1-3H3. The number of hydrogen-bond acceptors (Lipinski definition) is 6. The molecule has 0 atom stereocenters. The molecule has 34 heavy (non-hydrogen) atoms.